The van der Waals surface area contributed by atoms with Gasteiger partial charge in [0.05, 0.1) is 11.3 Å². The van der Waals surface area contributed by atoms with Crippen LogP contribution in [0.25, 0.3) is 0 Å². The first-order valence-corrected chi connectivity index (χ1v) is 9.72. The zero-order chi connectivity index (χ0) is 19.6. The smallest absolute Gasteiger partial charge is 0.335 e. The summed E-state index contributed by atoms with van der Waals surface area (Å²) in [6, 6.07) is 5.61. The van der Waals surface area contributed by atoms with E-state index in [0.29, 0.717) is 5.16 Å². The molecule has 1 aliphatic rings. The van der Waals surface area contributed by atoms with Crippen LogP contribution in [0, 0.1) is 0 Å². The first-order chi connectivity index (χ1) is 12.8. The maximum Gasteiger partial charge on any atom is 0.416 e. The van der Waals surface area contributed by atoms with Gasteiger partial charge >= 0.3 is 6.18 Å². The van der Waals surface area contributed by atoms with Gasteiger partial charge in [-0.2, -0.15) is 13.2 Å². The zero-order valence-corrected chi connectivity index (χ0v) is 15.9. The molecule has 1 aromatic carbocycles. The van der Waals surface area contributed by atoms with Crippen molar-refractivity contribution in [2.45, 2.75) is 56.7 Å². The number of hydrogen-bond acceptors (Lipinski definition) is 4. The SMILES string of the molecule is CC(C)n1cnnc1SCC(=O)N(Cc1ccccc1C(F)(F)F)C1CC1. The molecule has 1 amide bonds. The minimum Gasteiger partial charge on any atom is -0.335 e. The molecular weight excluding hydrogens is 377 g/mol. The van der Waals surface area contributed by atoms with E-state index in [1.807, 2.05) is 18.4 Å². The highest BCUT2D eigenvalue weighted by atomic mass is 32.2. The fraction of sp³-hybridized carbons (Fsp3) is 0.500. The molecule has 1 saturated carbocycles. The Morgan fingerprint density at radius 1 is 1.33 bits per heavy atom. The number of amides is 1. The highest BCUT2D eigenvalue weighted by Crippen LogP contribution is 2.35. The molecule has 9 heteroatoms. The Balaban J connectivity index is 1.71. The van der Waals surface area contributed by atoms with Crippen LogP contribution < -0.4 is 0 Å². The molecule has 0 aliphatic heterocycles. The maximum atomic E-state index is 13.2. The third kappa shape index (κ3) is 4.82. The Morgan fingerprint density at radius 3 is 2.67 bits per heavy atom. The highest BCUT2D eigenvalue weighted by molar-refractivity contribution is 7.99. The molecule has 3 rings (SSSR count). The van der Waals surface area contributed by atoms with Gasteiger partial charge < -0.3 is 9.47 Å². The number of aromatic nitrogens is 3. The third-order valence-electron chi connectivity index (χ3n) is 4.39. The number of thioether (sulfide) groups is 1. The number of carbonyl (C=O) groups excluding carboxylic acids is 1. The molecule has 2 aromatic rings. The lowest BCUT2D eigenvalue weighted by molar-refractivity contribution is -0.139. The second-order valence-electron chi connectivity index (χ2n) is 6.81. The molecule has 1 aromatic heterocycles. The van der Waals surface area contributed by atoms with Gasteiger partial charge in [-0.15, -0.1) is 10.2 Å². The molecule has 0 bridgehead atoms. The van der Waals surface area contributed by atoms with E-state index in [2.05, 4.69) is 10.2 Å². The number of rotatable bonds is 7. The molecule has 146 valence electrons. The summed E-state index contributed by atoms with van der Waals surface area (Å²) in [6.07, 6.45) is -1.17. The van der Waals surface area contributed by atoms with Crippen LogP contribution in [0.5, 0.6) is 0 Å². The van der Waals surface area contributed by atoms with Gasteiger partial charge in [0.2, 0.25) is 5.91 Å². The summed E-state index contributed by atoms with van der Waals surface area (Å²) in [5, 5.41) is 8.51. The van der Waals surface area contributed by atoms with Crippen LogP contribution in [0.4, 0.5) is 13.2 Å². The van der Waals surface area contributed by atoms with Crippen molar-refractivity contribution in [3.8, 4) is 0 Å². The summed E-state index contributed by atoms with van der Waals surface area (Å²) in [6.45, 7) is 3.94. The van der Waals surface area contributed by atoms with E-state index in [9.17, 15) is 18.0 Å². The van der Waals surface area contributed by atoms with Gasteiger partial charge in [-0.05, 0) is 38.3 Å². The van der Waals surface area contributed by atoms with Crippen molar-refractivity contribution in [1.82, 2.24) is 19.7 Å². The topological polar surface area (TPSA) is 51.0 Å². The van der Waals surface area contributed by atoms with E-state index in [-0.39, 0.29) is 35.9 Å². The van der Waals surface area contributed by atoms with E-state index in [1.54, 1.807) is 17.3 Å². The lowest BCUT2D eigenvalue weighted by Crippen LogP contribution is -2.34. The fourth-order valence-electron chi connectivity index (χ4n) is 2.82. The Labute approximate surface area is 160 Å². The Morgan fingerprint density at radius 2 is 2.04 bits per heavy atom. The van der Waals surface area contributed by atoms with Crippen molar-refractivity contribution in [1.29, 1.82) is 0 Å². The highest BCUT2D eigenvalue weighted by Gasteiger charge is 2.37. The average molecular weight is 398 g/mol. The lowest BCUT2D eigenvalue weighted by Gasteiger charge is -2.24. The minimum atomic E-state index is -4.43. The van der Waals surface area contributed by atoms with Crippen molar-refractivity contribution >= 4 is 17.7 Å². The normalized spacial score (nSPS) is 14.6. The Hall–Kier alpha value is -2.03. The van der Waals surface area contributed by atoms with Gasteiger partial charge in [-0.3, -0.25) is 4.79 Å². The van der Waals surface area contributed by atoms with E-state index in [4.69, 9.17) is 0 Å². The van der Waals surface area contributed by atoms with Crippen LogP contribution in [-0.2, 0) is 17.5 Å². The summed E-state index contributed by atoms with van der Waals surface area (Å²) in [5.74, 6) is -0.0615. The second-order valence-corrected chi connectivity index (χ2v) is 7.75. The molecule has 0 spiro atoms. The molecule has 0 N–H and O–H groups in total. The quantitative estimate of drug-likeness (QED) is 0.657. The molecule has 0 radical (unpaired) electrons. The Bertz CT molecular complexity index is 802. The standard InChI is InChI=1S/C18H21F3N4OS/c1-12(2)25-11-22-23-17(25)27-10-16(26)24(14-7-8-14)9-13-5-3-4-6-15(13)18(19,20)21/h3-6,11-12,14H,7-10H2,1-2H3. The molecule has 1 aliphatic carbocycles. The summed E-state index contributed by atoms with van der Waals surface area (Å²) >= 11 is 1.26. The van der Waals surface area contributed by atoms with Gasteiger partial charge in [0.1, 0.15) is 6.33 Å². The predicted octanol–water partition coefficient (Wildman–Crippen LogP) is 4.16. The summed E-state index contributed by atoms with van der Waals surface area (Å²) in [7, 11) is 0. The zero-order valence-electron chi connectivity index (χ0n) is 15.1. The van der Waals surface area contributed by atoms with Crippen molar-refractivity contribution < 1.29 is 18.0 Å². The summed E-state index contributed by atoms with van der Waals surface area (Å²) < 4.78 is 41.6. The molecule has 1 heterocycles. The van der Waals surface area contributed by atoms with E-state index in [0.717, 1.165) is 18.9 Å². The van der Waals surface area contributed by atoms with Crippen LogP contribution in [0.15, 0.2) is 35.7 Å². The van der Waals surface area contributed by atoms with Crippen molar-refractivity contribution in [3.63, 3.8) is 0 Å². The van der Waals surface area contributed by atoms with Crippen LogP contribution in [-0.4, -0.2) is 37.4 Å². The molecule has 1 fully saturated rings. The number of halogens is 3. The van der Waals surface area contributed by atoms with Gasteiger partial charge in [0.15, 0.2) is 5.16 Å². The van der Waals surface area contributed by atoms with Crippen molar-refractivity contribution in [3.05, 3.63) is 41.7 Å². The van der Waals surface area contributed by atoms with Crippen molar-refractivity contribution in [2.24, 2.45) is 0 Å². The fourth-order valence-corrected chi connectivity index (χ4v) is 3.75. The first-order valence-electron chi connectivity index (χ1n) is 8.74. The van der Waals surface area contributed by atoms with E-state index < -0.39 is 11.7 Å². The molecule has 27 heavy (non-hydrogen) atoms. The molecule has 0 atom stereocenters. The van der Waals surface area contributed by atoms with Crippen LogP contribution in [0.1, 0.15) is 43.9 Å². The molecule has 0 saturated heterocycles. The number of hydrogen-bond donors (Lipinski definition) is 0. The monoisotopic (exact) mass is 398 g/mol. The summed E-state index contributed by atoms with van der Waals surface area (Å²) in [5.41, 5.74) is -0.559. The number of alkyl halides is 3. The minimum absolute atomic E-state index is 0.0161. The third-order valence-corrected chi connectivity index (χ3v) is 5.33. The average Bonchev–Trinajstić information content (AvgIpc) is 3.33. The van der Waals surface area contributed by atoms with Crippen molar-refractivity contribution in [2.75, 3.05) is 5.75 Å². The lowest BCUT2D eigenvalue weighted by atomic mass is 10.1. The molecular formula is C18H21F3N4OS. The van der Waals surface area contributed by atoms with Crippen LogP contribution >= 0.6 is 11.8 Å². The van der Waals surface area contributed by atoms with Gasteiger partial charge in [-0.1, -0.05) is 30.0 Å². The molecule has 5 nitrogen and oxygen atoms in total. The maximum absolute atomic E-state index is 13.2. The number of carbonyl (C=O) groups is 1. The predicted molar refractivity (Wildman–Crippen MR) is 96.1 cm³/mol. The number of benzene rings is 1. The Kier molecular flexibility index (Phi) is 5.78. The van der Waals surface area contributed by atoms with Gasteiger partial charge in [0, 0.05) is 18.6 Å². The molecule has 0 unspecified atom stereocenters. The van der Waals surface area contributed by atoms with Gasteiger partial charge in [0.25, 0.3) is 0 Å². The number of nitrogens with zero attached hydrogens (tertiary/aromatic N) is 4. The van der Waals surface area contributed by atoms with E-state index >= 15 is 0 Å². The van der Waals surface area contributed by atoms with E-state index in [1.165, 1.54) is 23.9 Å². The second kappa shape index (κ2) is 7.92. The van der Waals surface area contributed by atoms with Gasteiger partial charge in [-0.25, -0.2) is 0 Å². The van der Waals surface area contributed by atoms with Crippen LogP contribution in [0.2, 0.25) is 0 Å². The first kappa shape index (κ1) is 19.7. The largest absolute Gasteiger partial charge is 0.416 e. The van der Waals surface area contributed by atoms with Crippen LogP contribution in [0.3, 0.4) is 0 Å². The summed E-state index contributed by atoms with van der Waals surface area (Å²) in [4.78, 5) is 14.3.